The zero-order valence-electron chi connectivity index (χ0n) is 18.2. The Balaban J connectivity index is 1.21. The van der Waals surface area contributed by atoms with Crippen LogP contribution in [0.1, 0.15) is 0 Å². The van der Waals surface area contributed by atoms with Gasteiger partial charge in [0.15, 0.2) is 5.43 Å². The highest BCUT2D eigenvalue weighted by atomic mass is 35.5. The van der Waals surface area contributed by atoms with E-state index in [-0.39, 0.29) is 5.43 Å². The number of hydrogen-bond donors (Lipinski definition) is 0. The Bertz CT molecular complexity index is 1280. The lowest BCUT2D eigenvalue weighted by Gasteiger charge is -2.36. The monoisotopic (exact) mass is 460 g/mol. The van der Waals surface area contributed by atoms with Crippen LogP contribution in [0.4, 0.5) is 5.69 Å². The summed E-state index contributed by atoms with van der Waals surface area (Å²) in [6.07, 6.45) is 0. The SMILES string of the molecule is O=c1cc(-c2ccc(Cl)cc2)oc2cc(OCCN3CCN(c4ccccc4)CC3)ccc12. The van der Waals surface area contributed by atoms with Crippen LogP contribution < -0.4 is 15.1 Å². The number of hydrogen-bond acceptors (Lipinski definition) is 5. The molecule has 6 heteroatoms. The number of piperazine rings is 1. The topological polar surface area (TPSA) is 45.9 Å². The lowest BCUT2D eigenvalue weighted by Crippen LogP contribution is -2.47. The van der Waals surface area contributed by atoms with Crippen molar-refractivity contribution in [3.63, 3.8) is 0 Å². The van der Waals surface area contributed by atoms with Crippen LogP contribution in [0.3, 0.4) is 0 Å². The quantitative estimate of drug-likeness (QED) is 0.390. The third kappa shape index (κ3) is 5.05. The largest absolute Gasteiger partial charge is 0.492 e. The average Bonchev–Trinajstić information content (AvgIpc) is 2.85. The van der Waals surface area contributed by atoms with Gasteiger partial charge < -0.3 is 14.1 Å². The Morgan fingerprint density at radius 3 is 2.39 bits per heavy atom. The van der Waals surface area contributed by atoms with E-state index in [2.05, 4.69) is 34.1 Å². The lowest BCUT2D eigenvalue weighted by molar-refractivity contribution is 0.200. The van der Waals surface area contributed by atoms with Crippen LogP contribution in [-0.4, -0.2) is 44.2 Å². The van der Waals surface area contributed by atoms with Crippen LogP contribution in [0, 0.1) is 0 Å². The molecule has 33 heavy (non-hydrogen) atoms. The molecule has 5 nitrogen and oxygen atoms in total. The van der Waals surface area contributed by atoms with Gasteiger partial charge >= 0.3 is 0 Å². The van der Waals surface area contributed by atoms with Crippen LogP contribution in [0.5, 0.6) is 5.75 Å². The second kappa shape index (κ2) is 9.69. The molecule has 1 aliphatic rings. The van der Waals surface area contributed by atoms with Gasteiger partial charge in [0.1, 0.15) is 23.7 Å². The predicted molar refractivity (Wildman–Crippen MR) is 134 cm³/mol. The van der Waals surface area contributed by atoms with E-state index in [0.717, 1.165) is 38.3 Å². The zero-order valence-corrected chi connectivity index (χ0v) is 19.0. The van der Waals surface area contributed by atoms with E-state index < -0.39 is 0 Å². The molecular formula is C27H25ClN2O3. The van der Waals surface area contributed by atoms with Crippen molar-refractivity contribution in [1.82, 2.24) is 4.90 Å². The maximum Gasteiger partial charge on any atom is 0.193 e. The van der Waals surface area contributed by atoms with Gasteiger partial charge in [0.05, 0.1) is 5.39 Å². The van der Waals surface area contributed by atoms with Crippen molar-refractivity contribution in [3.05, 3.63) is 94.1 Å². The first-order valence-corrected chi connectivity index (χ1v) is 11.5. The van der Waals surface area contributed by atoms with Gasteiger partial charge in [-0.15, -0.1) is 0 Å². The number of para-hydroxylation sites is 1. The third-order valence-corrected chi connectivity index (χ3v) is 6.25. The molecule has 3 aromatic carbocycles. The van der Waals surface area contributed by atoms with E-state index in [9.17, 15) is 4.79 Å². The lowest BCUT2D eigenvalue weighted by atomic mass is 10.1. The number of nitrogens with zero attached hydrogens (tertiary/aromatic N) is 2. The van der Waals surface area contributed by atoms with E-state index >= 15 is 0 Å². The highest BCUT2D eigenvalue weighted by Gasteiger charge is 2.17. The summed E-state index contributed by atoms with van der Waals surface area (Å²) in [5, 5.41) is 1.18. The molecule has 0 N–H and O–H groups in total. The van der Waals surface area contributed by atoms with Gasteiger partial charge in [0.25, 0.3) is 0 Å². The molecular weight excluding hydrogens is 436 g/mol. The molecule has 1 aromatic heterocycles. The van der Waals surface area contributed by atoms with Crippen molar-refractivity contribution < 1.29 is 9.15 Å². The maximum atomic E-state index is 12.6. The molecule has 1 aliphatic heterocycles. The molecule has 0 saturated carbocycles. The van der Waals surface area contributed by atoms with Crippen LogP contribution in [-0.2, 0) is 0 Å². The highest BCUT2D eigenvalue weighted by molar-refractivity contribution is 6.30. The Kier molecular flexibility index (Phi) is 6.33. The van der Waals surface area contributed by atoms with Gasteiger partial charge in [-0.05, 0) is 48.5 Å². The fraction of sp³-hybridized carbons (Fsp3) is 0.222. The molecule has 0 unspecified atom stereocenters. The van der Waals surface area contributed by atoms with Gasteiger partial charge in [-0.25, -0.2) is 0 Å². The molecule has 168 valence electrons. The standard InChI is InChI=1S/C27H25ClN2O3/c28-21-8-6-20(7-9-21)26-19-25(31)24-11-10-23(18-27(24)33-26)32-17-16-29-12-14-30(15-13-29)22-4-2-1-3-5-22/h1-11,18-19H,12-17H2. The molecule has 0 aliphatic carbocycles. The normalized spacial score (nSPS) is 14.5. The number of ether oxygens (including phenoxy) is 1. The predicted octanol–water partition coefficient (Wildman–Crippen LogP) is 5.31. The Labute approximate surface area is 197 Å². The summed E-state index contributed by atoms with van der Waals surface area (Å²) in [5.41, 5.74) is 2.52. The minimum absolute atomic E-state index is 0.0796. The Morgan fingerprint density at radius 1 is 0.879 bits per heavy atom. The summed E-state index contributed by atoms with van der Waals surface area (Å²) in [7, 11) is 0. The first kappa shape index (κ1) is 21.6. The molecule has 0 bridgehead atoms. The number of fused-ring (bicyclic) bond motifs is 1. The van der Waals surface area contributed by atoms with Gasteiger partial charge in [-0.3, -0.25) is 9.69 Å². The molecule has 1 saturated heterocycles. The molecule has 0 atom stereocenters. The van der Waals surface area contributed by atoms with Crippen molar-refractivity contribution >= 4 is 28.3 Å². The van der Waals surface area contributed by atoms with Crippen molar-refractivity contribution in [2.75, 3.05) is 44.2 Å². The second-order valence-electron chi connectivity index (χ2n) is 8.15. The number of benzene rings is 3. The molecule has 0 amide bonds. The fourth-order valence-corrected chi connectivity index (χ4v) is 4.27. The first-order chi connectivity index (χ1) is 16.2. The second-order valence-corrected chi connectivity index (χ2v) is 8.59. The van der Waals surface area contributed by atoms with E-state index in [1.807, 2.05) is 24.3 Å². The van der Waals surface area contributed by atoms with Gasteiger partial charge in [-0.2, -0.15) is 0 Å². The number of rotatable bonds is 6. The van der Waals surface area contributed by atoms with Crippen LogP contribution in [0.2, 0.25) is 5.02 Å². The Morgan fingerprint density at radius 2 is 1.64 bits per heavy atom. The number of anilines is 1. The van der Waals surface area contributed by atoms with Crippen molar-refractivity contribution in [1.29, 1.82) is 0 Å². The summed E-state index contributed by atoms with van der Waals surface area (Å²) in [4.78, 5) is 17.4. The van der Waals surface area contributed by atoms with Crippen molar-refractivity contribution in [2.45, 2.75) is 0 Å². The highest BCUT2D eigenvalue weighted by Crippen LogP contribution is 2.26. The smallest absolute Gasteiger partial charge is 0.193 e. The maximum absolute atomic E-state index is 12.6. The van der Waals surface area contributed by atoms with E-state index in [1.54, 1.807) is 24.3 Å². The first-order valence-electron chi connectivity index (χ1n) is 11.1. The van der Waals surface area contributed by atoms with Crippen LogP contribution >= 0.6 is 11.6 Å². The van der Waals surface area contributed by atoms with Crippen molar-refractivity contribution in [2.24, 2.45) is 0 Å². The van der Waals surface area contributed by atoms with Gasteiger partial charge in [-0.1, -0.05) is 29.8 Å². The molecule has 2 heterocycles. The summed E-state index contributed by atoms with van der Waals surface area (Å²) >= 11 is 5.97. The fourth-order valence-electron chi connectivity index (χ4n) is 4.14. The molecule has 0 radical (unpaired) electrons. The van der Waals surface area contributed by atoms with E-state index in [1.165, 1.54) is 11.8 Å². The molecule has 1 fully saturated rings. The summed E-state index contributed by atoms with van der Waals surface area (Å²) in [6, 6.07) is 24.7. The van der Waals surface area contributed by atoms with Gasteiger partial charge in [0, 0.05) is 61.1 Å². The Hall–Kier alpha value is -3.28. The van der Waals surface area contributed by atoms with Gasteiger partial charge in [0.2, 0.25) is 0 Å². The summed E-state index contributed by atoms with van der Waals surface area (Å²) in [6.45, 7) is 5.48. The zero-order chi connectivity index (χ0) is 22.6. The van der Waals surface area contributed by atoms with E-state index in [4.69, 9.17) is 20.8 Å². The van der Waals surface area contributed by atoms with E-state index in [0.29, 0.717) is 34.1 Å². The number of halogens is 1. The van der Waals surface area contributed by atoms with Crippen molar-refractivity contribution in [3.8, 4) is 17.1 Å². The third-order valence-electron chi connectivity index (χ3n) is 6.00. The van der Waals surface area contributed by atoms with Crippen LogP contribution in [0.15, 0.2) is 88.1 Å². The molecule has 0 spiro atoms. The van der Waals surface area contributed by atoms with Crippen LogP contribution in [0.25, 0.3) is 22.3 Å². The summed E-state index contributed by atoms with van der Waals surface area (Å²) < 4.78 is 12.0. The molecule has 5 rings (SSSR count). The minimum atomic E-state index is -0.0796. The average molecular weight is 461 g/mol. The summed E-state index contributed by atoms with van der Waals surface area (Å²) in [5.74, 6) is 1.21. The minimum Gasteiger partial charge on any atom is -0.492 e. The molecule has 4 aromatic rings.